The molecule has 0 amide bonds. The molecule has 1 N–H and O–H groups in total. The first-order valence-corrected chi connectivity index (χ1v) is 2.47. The van der Waals surface area contributed by atoms with Crippen molar-refractivity contribution < 1.29 is 5.11 Å². The van der Waals surface area contributed by atoms with Crippen molar-refractivity contribution in [2.45, 2.75) is 0 Å². The molecule has 0 spiro atoms. The van der Waals surface area contributed by atoms with Crippen molar-refractivity contribution in [2.75, 3.05) is 13.2 Å². The van der Waals surface area contributed by atoms with Gasteiger partial charge in [-0.05, 0) is 23.6 Å². The van der Waals surface area contributed by atoms with Gasteiger partial charge < -0.3 is 5.11 Å². The Kier molecular flexibility index (Phi) is 1.62. The lowest BCUT2D eigenvalue weighted by atomic mass is 10.2. The van der Waals surface area contributed by atoms with E-state index in [9.17, 15) is 0 Å². The van der Waals surface area contributed by atoms with E-state index in [2.05, 4.69) is 10.9 Å². The maximum atomic E-state index is 8.51. The van der Waals surface area contributed by atoms with Crippen LogP contribution in [-0.2, 0) is 0 Å². The lowest BCUT2D eigenvalue weighted by Crippen LogP contribution is -1.95. The fraction of sp³-hybridized carbons (Fsp3) is 0.333. The summed E-state index contributed by atoms with van der Waals surface area (Å²) < 4.78 is 0. The maximum Gasteiger partial charge on any atom is 0.0719 e. The Morgan fingerprint density at radius 3 is 3.12 bits per heavy atom. The topological polar surface area (TPSA) is 32.6 Å². The van der Waals surface area contributed by atoms with Crippen LogP contribution in [0.3, 0.4) is 0 Å². The van der Waals surface area contributed by atoms with Crippen LogP contribution in [0.1, 0.15) is 0 Å². The number of hydrogen-bond donors (Lipinski definition) is 1. The quantitative estimate of drug-likeness (QED) is 0.510. The van der Waals surface area contributed by atoms with Gasteiger partial charge in [0.1, 0.15) is 0 Å². The summed E-state index contributed by atoms with van der Waals surface area (Å²) in [6.45, 7) is 0.717. The largest absolute Gasteiger partial charge is 0.392 e. The van der Waals surface area contributed by atoms with Crippen LogP contribution in [0.15, 0.2) is 22.7 Å². The van der Waals surface area contributed by atoms with Gasteiger partial charge in [-0.3, -0.25) is 0 Å². The number of hydrogen-bond acceptors (Lipinski definition) is 2. The predicted molar refractivity (Wildman–Crippen MR) is 32.0 cm³/mol. The van der Waals surface area contributed by atoms with Crippen LogP contribution in [0.4, 0.5) is 0 Å². The van der Waals surface area contributed by atoms with Crippen molar-refractivity contribution >= 4 is 5.87 Å². The SMILES string of the molecule is OCC1=CC=C=NC1. The van der Waals surface area contributed by atoms with Crippen LogP contribution in [0, 0.1) is 0 Å². The minimum atomic E-state index is 0.113. The Balaban J connectivity index is 2.63. The number of allylic oxidation sites excluding steroid dienone is 2. The average Bonchev–Trinajstić information content (AvgIpc) is 1.90. The van der Waals surface area contributed by atoms with E-state index >= 15 is 0 Å². The Hall–Kier alpha value is -0.850. The number of aliphatic imine (C=N–C) groups is 1. The molecule has 0 atom stereocenters. The van der Waals surface area contributed by atoms with E-state index < -0.39 is 0 Å². The van der Waals surface area contributed by atoms with E-state index in [1.807, 2.05) is 6.08 Å². The smallest absolute Gasteiger partial charge is 0.0719 e. The highest BCUT2D eigenvalue weighted by molar-refractivity contribution is 5.57. The molecule has 0 aromatic carbocycles. The second kappa shape index (κ2) is 2.46. The standard InChI is InChI=1S/C6H7NO/c8-5-6-2-1-3-7-4-6/h1-2,8H,4-5H2. The first kappa shape index (κ1) is 5.29. The Bertz CT molecular complexity index is 163. The van der Waals surface area contributed by atoms with Crippen LogP contribution in [0.5, 0.6) is 0 Å². The van der Waals surface area contributed by atoms with Gasteiger partial charge in [0.2, 0.25) is 0 Å². The van der Waals surface area contributed by atoms with Crippen LogP contribution in [-0.4, -0.2) is 24.1 Å². The molecule has 2 nitrogen and oxygen atoms in total. The zero-order valence-electron chi connectivity index (χ0n) is 4.46. The lowest BCUT2D eigenvalue weighted by Gasteiger charge is -1.96. The van der Waals surface area contributed by atoms with Crippen molar-refractivity contribution in [3.63, 3.8) is 0 Å². The van der Waals surface area contributed by atoms with E-state index in [0.29, 0.717) is 6.54 Å². The Morgan fingerprint density at radius 2 is 2.75 bits per heavy atom. The fourth-order valence-corrected chi connectivity index (χ4v) is 0.510. The number of aliphatic hydroxyl groups is 1. The zero-order valence-corrected chi connectivity index (χ0v) is 4.46. The monoisotopic (exact) mass is 109 g/mol. The summed E-state index contributed by atoms with van der Waals surface area (Å²) in [6.07, 6.45) is 3.53. The van der Waals surface area contributed by atoms with E-state index in [1.165, 1.54) is 0 Å². The first-order valence-electron chi connectivity index (χ1n) is 2.47. The molecule has 0 bridgehead atoms. The summed E-state index contributed by atoms with van der Waals surface area (Å²) in [7, 11) is 0. The molecular weight excluding hydrogens is 102 g/mol. The highest BCUT2D eigenvalue weighted by atomic mass is 16.3. The molecule has 1 aliphatic rings. The van der Waals surface area contributed by atoms with Gasteiger partial charge in [0.05, 0.1) is 13.2 Å². The van der Waals surface area contributed by atoms with Crippen molar-refractivity contribution in [2.24, 2.45) is 4.99 Å². The van der Waals surface area contributed by atoms with E-state index in [1.54, 1.807) is 6.08 Å². The summed E-state index contributed by atoms with van der Waals surface area (Å²) in [4.78, 5) is 3.80. The average molecular weight is 109 g/mol. The Morgan fingerprint density at radius 1 is 1.88 bits per heavy atom. The maximum absolute atomic E-state index is 8.51. The molecule has 0 aromatic heterocycles. The minimum absolute atomic E-state index is 0.113. The molecule has 0 radical (unpaired) electrons. The molecule has 2 heteroatoms. The Labute approximate surface area is 47.9 Å². The van der Waals surface area contributed by atoms with E-state index in [0.717, 1.165) is 5.57 Å². The van der Waals surface area contributed by atoms with E-state index in [-0.39, 0.29) is 6.61 Å². The van der Waals surface area contributed by atoms with Crippen LogP contribution in [0.2, 0.25) is 0 Å². The molecule has 0 saturated carbocycles. The van der Waals surface area contributed by atoms with Gasteiger partial charge >= 0.3 is 0 Å². The molecule has 0 fully saturated rings. The fourth-order valence-electron chi connectivity index (χ4n) is 0.510. The van der Waals surface area contributed by atoms with Gasteiger partial charge in [-0.1, -0.05) is 0 Å². The normalized spacial score (nSPS) is 16.4. The highest BCUT2D eigenvalue weighted by Gasteiger charge is 1.91. The second-order valence-corrected chi connectivity index (χ2v) is 1.60. The van der Waals surface area contributed by atoms with Crippen LogP contribution in [0.25, 0.3) is 0 Å². The molecule has 1 rings (SSSR count). The van der Waals surface area contributed by atoms with Crippen molar-refractivity contribution in [1.82, 2.24) is 0 Å². The molecule has 1 aliphatic heterocycles. The van der Waals surface area contributed by atoms with Crippen molar-refractivity contribution in [3.05, 3.63) is 17.7 Å². The van der Waals surface area contributed by atoms with Crippen molar-refractivity contribution in [1.29, 1.82) is 0 Å². The highest BCUT2D eigenvalue weighted by Crippen LogP contribution is 1.95. The number of rotatable bonds is 1. The van der Waals surface area contributed by atoms with Crippen LogP contribution >= 0.6 is 0 Å². The molecule has 8 heavy (non-hydrogen) atoms. The summed E-state index contributed by atoms with van der Waals surface area (Å²) >= 11 is 0. The van der Waals surface area contributed by atoms with Gasteiger partial charge in [-0.15, -0.1) is 0 Å². The number of nitrogens with zero attached hydrogens (tertiary/aromatic N) is 1. The third-order valence-corrected chi connectivity index (χ3v) is 0.970. The summed E-state index contributed by atoms with van der Waals surface area (Å²) in [5.41, 5.74) is 0.948. The molecule has 42 valence electrons. The molecule has 0 saturated heterocycles. The molecule has 1 heterocycles. The molecular formula is C6H7NO. The predicted octanol–water partition coefficient (Wildman–Crippen LogP) is 0.145. The minimum Gasteiger partial charge on any atom is -0.392 e. The van der Waals surface area contributed by atoms with Gasteiger partial charge in [0.15, 0.2) is 0 Å². The third kappa shape index (κ3) is 1.06. The van der Waals surface area contributed by atoms with Gasteiger partial charge in [-0.25, -0.2) is 4.99 Å². The van der Waals surface area contributed by atoms with Gasteiger partial charge in [0.25, 0.3) is 0 Å². The summed E-state index contributed by atoms with van der Waals surface area (Å²) in [6, 6.07) is 0. The number of aliphatic hydroxyl groups excluding tert-OH is 1. The van der Waals surface area contributed by atoms with Gasteiger partial charge in [-0.2, -0.15) is 0 Å². The van der Waals surface area contributed by atoms with Gasteiger partial charge in [0, 0.05) is 0 Å². The zero-order chi connectivity index (χ0) is 5.82. The van der Waals surface area contributed by atoms with Crippen LogP contribution < -0.4 is 0 Å². The molecule has 0 aliphatic carbocycles. The summed E-state index contributed by atoms with van der Waals surface area (Å²) in [5.74, 6) is 2.66. The second-order valence-electron chi connectivity index (χ2n) is 1.60. The third-order valence-electron chi connectivity index (χ3n) is 0.970. The van der Waals surface area contributed by atoms with E-state index in [4.69, 9.17) is 5.11 Å². The lowest BCUT2D eigenvalue weighted by molar-refractivity contribution is 0.329. The van der Waals surface area contributed by atoms with Crippen molar-refractivity contribution in [3.8, 4) is 0 Å². The summed E-state index contributed by atoms with van der Waals surface area (Å²) in [5, 5.41) is 8.51. The first-order chi connectivity index (χ1) is 3.93. The molecule has 0 unspecified atom stereocenters. The molecule has 0 aromatic rings.